The first-order chi connectivity index (χ1) is 12.7. The zero-order valence-electron chi connectivity index (χ0n) is 13.7. The fourth-order valence-electron chi connectivity index (χ4n) is 2.72. The summed E-state index contributed by atoms with van der Waals surface area (Å²) in [5.41, 5.74) is 2.60. The normalized spacial score (nSPS) is 10.8. The lowest BCUT2D eigenvalue weighted by molar-refractivity contribution is -0.117. The summed E-state index contributed by atoms with van der Waals surface area (Å²) in [6.45, 7) is 0.125. The van der Waals surface area contributed by atoms with Crippen molar-refractivity contribution in [2.75, 3.05) is 0 Å². The zero-order valence-corrected chi connectivity index (χ0v) is 13.7. The van der Waals surface area contributed by atoms with Crippen LogP contribution in [0.5, 0.6) is 0 Å². The fraction of sp³-hybridized carbons (Fsp3) is 0.0526. The smallest absolute Gasteiger partial charge is 0.292 e. The molecule has 2 aromatic carbocycles. The van der Waals surface area contributed by atoms with Crippen LogP contribution in [0.4, 0.5) is 0 Å². The molecule has 128 valence electrons. The number of benzene rings is 2. The molecule has 7 nitrogen and oxygen atoms in total. The van der Waals surface area contributed by atoms with Gasteiger partial charge in [-0.3, -0.25) is 9.59 Å². The highest BCUT2D eigenvalue weighted by Crippen LogP contribution is 2.18. The second kappa shape index (κ2) is 6.64. The van der Waals surface area contributed by atoms with Gasteiger partial charge in [0.25, 0.3) is 11.7 Å². The quantitative estimate of drug-likeness (QED) is 0.429. The molecule has 0 radical (unpaired) electrons. The molecule has 0 saturated heterocycles. The Morgan fingerprint density at radius 2 is 1.81 bits per heavy atom. The van der Waals surface area contributed by atoms with E-state index in [2.05, 4.69) is 20.6 Å². The predicted molar refractivity (Wildman–Crippen MR) is 95.8 cm³/mol. The van der Waals surface area contributed by atoms with E-state index in [0.29, 0.717) is 11.3 Å². The molecule has 0 atom stereocenters. The Morgan fingerprint density at radius 1 is 1.04 bits per heavy atom. The summed E-state index contributed by atoms with van der Waals surface area (Å²) in [7, 11) is 0. The van der Waals surface area contributed by atoms with Crippen molar-refractivity contribution in [2.45, 2.75) is 6.54 Å². The van der Waals surface area contributed by atoms with Crippen LogP contribution in [0.25, 0.3) is 16.6 Å². The molecule has 26 heavy (non-hydrogen) atoms. The van der Waals surface area contributed by atoms with Crippen molar-refractivity contribution in [3.63, 3.8) is 0 Å². The Labute approximate surface area is 148 Å². The molecule has 0 unspecified atom stereocenters. The summed E-state index contributed by atoms with van der Waals surface area (Å²) in [6, 6.07) is 16.9. The first-order valence-electron chi connectivity index (χ1n) is 8.07. The number of nitrogens with one attached hydrogen (secondary N) is 2. The van der Waals surface area contributed by atoms with E-state index in [1.165, 1.54) is 0 Å². The number of aromatic amines is 1. The van der Waals surface area contributed by atoms with Crippen LogP contribution < -0.4 is 5.32 Å². The average molecular weight is 345 g/mol. The highest BCUT2D eigenvalue weighted by atomic mass is 16.2. The summed E-state index contributed by atoms with van der Waals surface area (Å²) >= 11 is 0. The number of amides is 1. The van der Waals surface area contributed by atoms with Gasteiger partial charge in [0, 0.05) is 17.1 Å². The van der Waals surface area contributed by atoms with Crippen LogP contribution in [0.15, 0.2) is 67.0 Å². The highest BCUT2D eigenvalue weighted by Gasteiger charge is 2.19. The molecule has 1 amide bonds. The molecule has 0 aliphatic rings. The van der Waals surface area contributed by atoms with Crippen molar-refractivity contribution in [3.05, 3.63) is 78.2 Å². The molecule has 2 aromatic heterocycles. The molecule has 0 aliphatic carbocycles. The van der Waals surface area contributed by atoms with Crippen LogP contribution in [0.1, 0.15) is 16.1 Å². The molecule has 4 rings (SSSR count). The summed E-state index contributed by atoms with van der Waals surface area (Å²) in [6.07, 6.45) is 3.27. The molecule has 0 bridgehead atoms. The summed E-state index contributed by atoms with van der Waals surface area (Å²) in [5.74, 6) is -1.26. The highest BCUT2D eigenvalue weighted by molar-refractivity contribution is 6.44. The fourth-order valence-corrected chi connectivity index (χ4v) is 2.72. The molecule has 0 saturated carbocycles. The second-order valence-corrected chi connectivity index (χ2v) is 5.75. The molecule has 0 spiro atoms. The average Bonchev–Trinajstić information content (AvgIpc) is 3.33. The summed E-state index contributed by atoms with van der Waals surface area (Å²) in [5, 5.41) is 11.4. The number of H-pyrrole nitrogens is 1. The van der Waals surface area contributed by atoms with E-state index < -0.39 is 11.7 Å². The van der Waals surface area contributed by atoms with E-state index in [1.54, 1.807) is 23.1 Å². The number of fused-ring (bicyclic) bond motifs is 1. The van der Waals surface area contributed by atoms with Crippen LogP contribution in [0.3, 0.4) is 0 Å². The summed E-state index contributed by atoms with van der Waals surface area (Å²) < 4.78 is 1.61. The van der Waals surface area contributed by atoms with Gasteiger partial charge in [0.1, 0.15) is 5.69 Å². The minimum absolute atomic E-state index is 0.125. The Hall–Kier alpha value is -3.74. The van der Waals surface area contributed by atoms with Gasteiger partial charge in [-0.15, -0.1) is 5.10 Å². The van der Waals surface area contributed by atoms with Crippen LogP contribution in [-0.4, -0.2) is 31.7 Å². The van der Waals surface area contributed by atoms with Gasteiger partial charge in [-0.2, -0.15) is 0 Å². The molecule has 2 heterocycles. The molecule has 7 heteroatoms. The Morgan fingerprint density at radius 3 is 2.65 bits per heavy atom. The monoisotopic (exact) mass is 345 g/mol. The van der Waals surface area contributed by atoms with E-state index in [-0.39, 0.29) is 6.54 Å². The lowest BCUT2D eigenvalue weighted by Crippen LogP contribution is -2.30. The third-order valence-electron chi connectivity index (χ3n) is 4.03. The number of nitrogens with zero attached hydrogens (tertiary/aromatic N) is 3. The number of rotatable bonds is 5. The number of ketones is 1. The minimum Gasteiger partial charge on any atom is -0.360 e. The number of Topliss-reactive ketones (excluding diaryl/α,β-unsaturated/α-hetero) is 1. The van der Waals surface area contributed by atoms with Gasteiger partial charge in [0.05, 0.1) is 24.0 Å². The Bertz CT molecular complexity index is 1080. The number of carbonyl (C=O) groups is 2. The molecule has 0 fully saturated rings. The third-order valence-corrected chi connectivity index (χ3v) is 4.03. The van der Waals surface area contributed by atoms with Crippen molar-refractivity contribution in [1.29, 1.82) is 0 Å². The van der Waals surface area contributed by atoms with E-state index >= 15 is 0 Å². The van der Waals surface area contributed by atoms with Crippen LogP contribution >= 0.6 is 0 Å². The van der Waals surface area contributed by atoms with Crippen molar-refractivity contribution < 1.29 is 9.59 Å². The number of hydrogen-bond donors (Lipinski definition) is 2. The first-order valence-corrected chi connectivity index (χ1v) is 8.07. The Kier molecular flexibility index (Phi) is 4.03. The van der Waals surface area contributed by atoms with Crippen LogP contribution in [0.2, 0.25) is 0 Å². The zero-order chi connectivity index (χ0) is 17.9. The summed E-state index contributed by atoms with van der Waals surface area (Å²) in [4.78, 5) is 27.6. The van der Waals surface area contributed by atoms with E-state index in [4.69, 9.17) is 0 Å². The van der Waals surface area contributed by atoms with Gasteiger partial charge in [0.15, 0.2) is 0 Å². The third kappa shape index (κ3) is 2.98. The molecule has 0 aliphatic heterocycles. The largest absolute Gasteiger partial charge is 0.360 e. The number of aromatic nitrogens is 4. The molecule has 4 aromatic rings. The minimum atomic E-state index is -0.677. The lowest BCUT2D eigenvalue weighted by Gasteiger charge is -2.01. The van der Waals surface area contributed by atoms with Crippen molar-refractivity contribution >= 4 is 22.6 Å². The standard InChI is InChI=1S/C19H15N5O2/c25-18(16-11-20-17-9-5-4-8-15(16)17)19(26)21-10-13-12-24(23-22-13)14-6-2-1-3-7-14/h1-9,11-12,20H,10H2,(H,21,26). The van der Waals surface area contributed by atoms with Crippen molar-refractivity contribution in [3.8, 4) is 5.69 Å². The topological polar surface area (TPSA) is 92.7 Å². The SMILES string of the molecule is O=C(NCc1cn(-c2ccccc2)nn1)C(=O)c1c[nH]c2ccccc12. The Balaban J connectivity index is 1.44. The lowest BCUT2D eigenvalue weighted by atomic mass is 10.1. The predicted octanol–water partition coefficient (Wildman–Crippen LogP) is 2.25. The molecule has 2 N–H and O–H groups in total. The maximum absolute atomic E-state index is 12.4. The van der Waals surface area contributed by atoms with Gasteiger partial charge < -0.3 is 10.3 Å². The van der Waals surface area contributed by atoms with Gasteiger partial charge >= 0.3 is 0 Å². The first kappa shape index (κ1) is 15.8. The van der Waals surface area contributed by atoms with E-state index in [9.17, 15) is 9.59 Å². The molecular formula is C19H15N5O2. The maximum atomic E-state index is 12.4. The number of hydrogen-bond acceptors (Lipinski definition) is 4. The van der Waals surface area contributed by atoms with Gasteiger partial charge in [-0.1, -0.05) is 41.6 Å². The van der Waals surface area contributed by atoms with E-state index in [0.717, 1.165) is 16.6 Å². The second-order valence-electron chi connectivity index (χ2n) is 5.75. The van der Waals surface area contributed by atoms with Gasteiger partial charge in [0.2, 0.25) is 0 Å². The van der Waals surface area contributed by atoms with Crippen molar-refractivity contribution in [2.24, 2.45) is 0 Å². The number of para-hydroxylation sites is 2. The van der Waals surface area contributed by atoms with Gasteiger partial charge in [-0.05, 0) is 18.2 Å². The molecular weight excluding hydrogens is 330 g/mol. The van der Waals surface area contributed by atoms with Crippen molar-refractivity contribution in [1.82, 2.24) is 25.3 Å². The van der Waals surface area contributed by atoms with Gasteiger partial charge in [-0.25, -0.2) is 4.68 Å². The van der Waals surface area contributed by atoms with Crippen LogP contribution in [-0.2, 0) is 11.3 Å². The number of carbonyl (C=O) groups excluding carboxylic acids is 2. The maximum Gasteiger partial charge on any atom is 0.292 e. The van der Waals surface area contributed by atoms with Crippen LogP contribution in [0, 0.1) is 0 Å². The van der Waals surface area contributed by atoms with E-state index in [1.807, 2.05) is 48.5 Å².